The number of carbonyl (C=O) groups is 1. The predicted octanol–water partition coefficient (Wildman–Crippen LogP) is 1.73. The second-order valence-corrected chi connectivity index (χ2v) is 4.39. The third-order valence-electron chi connectivity index (χ3n) is 2.96. The molecule has 0 radical (unpaired) electrons. The molecule has 0 unspecified atom stereocenters. The van der Waals surface area contributed by atoms with Crippen molar-refractivity contribution in [3.63, 3.8) is 0 Å². The van der Waals surface area contributed by atoms with Gasteiger partial charge >= 0.3 is 5.69 Å². The highest BCUT2D eigenvalue weighted by Crippen LogP contribution is 2.28. The van der Waals surface area contributed by atoms with E-state index in [4.69, 9.17) is 4.74 Å². The van der Waals surface area contributed by atoms with E-state index in [9.17, 15) is 19.3 Å². The van der Waals surface area contributed by atoms with Gasteiger partial charge in [0.15, 0.2) is 6.61 Å². The molecule has 19 heavy (non-hydrogen) atoms. The quantitative estimate of drug-likeness (QED) is 0.602. The van der Waals surface area contributed by atoms with Gasteiger partial charge in [-0.1, -0.05) is 0 Å². The van der Waals surface area contributed by atoms with Gasteiger partial charge in [-0.05, 0) is 18.9 Å². The molecule has 1 aliphatic carbocycles. The van der Waals surface area contributed by atoms with Gasteiger partial charge in [0.25, 0.3) is 5.91 Å². The Kier molecular flexibility index (Phi) is 3.64. The van der Waals surface area contributed by atoms with Crippen molar-refractivity contribution in [3.05, 3.63) is 34.1 Å². The van der Waals surface area contributed by atoms with E-state index in [0.717, 1.165) is 31.0 Å². The lowest BCUT2D eigenvalue weighted by Gasteiger charge is -2.16. The highest BCUT2D eigenvalue weighted by molar-refractivity contribution is 5.78. The fourth-order valence-corrected chi connectivity index (χ4v) is 1.66. The van der Waals surface area contributed by atoms with Gasteiger partial charge in [-0.15, -0.1) is 0 Å². The summed E-state index contributed by atoms with van der Waals surface area (Å²) in [5.41, 5.74) is -0.358. The number of benzene rings is 1. The minimum absolute atomic E-state index is 0.234. The number of hydrogen-bond acceptors (Lipinski definition) is 4. The molecule has 0 aliphatic heterocycles. The van der Waals surface area contributed by atoms with Crippen LogP contribution >= 0.6 is 0 Å². The van der Waals surface area contributed by atoms with E-state index in [-0.39, 0.29) is 30.0 Å². The first-order valence-electron chi connectivity index (χ1n) is 5.81. The molecular formula is C12H13FN2O4. The molecule has 0 aromatic heterocycles. The summed E-state index contributed by atoms with van der Waals surface area (Å²) in [7, 11) is 1.66. The fourth-order valence-electron chi connectivity index (χ4n) is 1.66. The van der Waals surface area contributed by atoms with Gasteiger partial charge in [0, 0.05) is 25.2 Å². The van der Waals surface area contributed by atoms with Gasteiger partial charge in [-0.3, -0.25) is 14.9 Å². The molecule has 0 heterocycles. The van der Waals surface area contributed by atoms with Crippen molar-refractivity contribution in [2.45, 2.75) is 18.9 Å². The van der Waals surface area contributed by atoms with E-state index in [1.807, 2.05) is 0 Å². The van der Waals surface area contributed by atoms with Crippen molar-refractivity contribution in [1.29, 1.82) is 0 Å². The molecule has 0 atom stereocenters. The van der Waals surface area contributed by atoms with Crippen molar-refractivity contribution < 1.29 is 18.8 Å². The number of nitro benzene ring substituents is 1. The Labute approximate surface area is 108 Å². The highest BCUT2D eigenvalue weighted by Gasteiger charge is 2.30. The maximum Gasteiger partial charge on any atom is 0.311 e. The van der Waals surface area contributed by atoms with Crippen molar-refractivity contribution in [1.82, 2.24) is 4.90 Å². The van der Waals surface area contributed by atoms with Gasteiger partial charge < -0.3 is 9.64 Å². The van der Waals surface area contributed by atoms with Gasteiger partial charge in [-0.25, -0.2) is 4.39 Å². The van der Waals surface area contributed by atoms with E-state index in [1.54, 1.807) is 11.9 Å². The summed E-state index contributed by atoms with van der Waals surface area (Å²) in [6, 6.07) is 3.13. The topological polar surface area (TPSA) is 72.7 Å². The van der Waals surface area contributed by atoms with E-state index >= 15 is 0 Å². The monoisotopic (exact) mass is 268 g/mol. The van der Waals surface area contributed by atoms with Crippen LogP contribution in [0.5, 0.6) is 5.75 Å². The zero-order valence-corrected chi connectivity index (χ0v) is 10.3. The number of halogens is 1. The number of carbonyl (C=O) groups excluding carboxylic acids is 1. The van der Waals surface area contributed by atoms with Crippen LogP contribution in [0.25, 0.3) is 0 Å². The molecule has 0 bridgehead atoms. The summed E-state index contributed by atoms with van der Waals surface area (Å²) in [4.78, 5) is 23.3. The second-order valence-electron chi connectivity index (χ2n) is 4.39. The third kappa shape index (κ3) is 3.18. The van der Waals surface area contributed by atoms with Crippen molar-refractivity contribution in [3.8, 4) is 5.75 Å². The molecule has 102 valence electrons. The Balaban J connectivity index is 2.03. The molecule has 6 nitrogen and oxygen atoms in total. The standard InChI is InChI=1S/C12H13FN2O4/c1-14(9-3-4-9)12(16)7-19-11-6-8(13)2-5-10(11)15(17)18/h2,5-6,9H,3-4,7H2,1H3. The number of rotatable bonds is 5. The Morgan fingerprint density at radius 1 is 1.58 bits per heavy atom. The molecule has 7 heteroatoms. The van der Waals surface area contributed by atoms with Crippen LogP contribution in [-0.4, -0.2) is 35.4 Å². The van der Waals surface area contributed by atoms with E-state index in [2.05, 4.69) is 0 Å². The number of amides is 1. The van der Waals surface area contributed by atoms with Crippen LogP contribution in [0.15, 0.2) is 18.2 Å². The number of ether oxygens (including phenoxy) is 1. The molecule has 0 N–H and O–H groups in total. The second kappa shape index (κ2) is 5.21. The number of nitro groups is 1. The SMILES string of the molecule is CN(C(=O)COc1cc(F)ccc1[N+](=O)[O-])C1CC1. The van der Waals surface area contributed by atoms with Crippen LogP contribution in [0.2, 0.25) is 0 Å². The average molecular weight is 268 g/mol. The highest BCUT2D eigenvalue weighted by atomic mass is 19.1. The lowest BCUT2D eigenvalue weighted by atomic mass is 10.3. The molecule has 2 rings (SSSR count). The number of likely N-dealkylation sites (N-methyl/N-ethyl adjacent to an activating group) is 1. The fraction of sp³-hybridized carbons (Fsp3) is 0.417. The summed E-state index contributed by atoms with van der Waals surface area (Å²) in [6.45, 7) is -0.336. The van der Waals surface area contributed by atoms with Crippen LogP contribution in [0, 0.1) is 15.9 Å². The third-order valence-corrected chi connectivity index (χ3v) is 2.96. The summed E-state index contributed by atoms with van der Waals surface area (Å²) >= 11 is 0. The summed E-state index contributed by atoms with van der Waals surface area (Å²) in [5.74, 6) is -1.16. The zero-order valence-electron chi connectivity index (χ0n) is 10.3. The Morgan fingerprint density at radius 2 is 2.26 bits per heavy atom. The van der Waals surface area contributed by atoms with Gasteiger partial charge in [0.1, 0.15) is 5.82 Å². The van der Waals surface area contributed by atoms with Crippen molar-refractivity contribution in [2.24, 2.45) is 0 Å². The summed E-state index contributed by atoms with van der Waals surface area (Å²) in [5, 5.41) is 10.7. The van der Waals surface area contributed by atoms with Crippen molar-refractivity contribution in [2.75, 3.05) is 13.7 Å². The molecule has 0 saturated heterocycles. The van der Waals surface area contributed by atoms with E-state index < -0.39 is 10.7 Å². The van der Waals surface area contributed by atoms with Crippen LogP contribution in [0.4, 0.5) is 10.1 Å². The molecule has 1 saturated carbocycles. The maximum absolute atomic E-state index is 13.0. The first kappa shape index (κ1) is 13.3. The normalized spacial score (nSPS) is 14.0. The first-order valence-corrected chi connectivity index (χ1v) is 5.81. The van der Waals surface area contributed by atoms with Gasteiger partial charge in [0.2, 0.25) is 5.75 Å². The summed E-state index contributed by atoms with van der Waals surface area (Å²) < 4.78 is 18.1. The largest absolute Gasteiger partial charge is 0.477 e. The van der Waals surface area contributed by atoms with Crippen molar-refractivity contribution >= 4 is 11.6 Å². The minimum Gasteiger partial charge on any atom is -0.477 e. The van der Waals surface area contributed by atoms with Crippen LogP contribution in [-0.2, 0) is 4.79 Å². The molecule has 1 aromatic rings. The number of nitrogens with zero attached hydrogens (tertiary/aromatic N) is 2. The summed E-state index contributed by atoms with van der Waals surface area (Å²) in [6.07, 6.45) is 1.92. The minimum atomic E-state index is -0.677. The van der Waals surface area contributed by atoms with Gasteiger partial charge in [-0.2, -0.15) is 0 Å². The molecule has 1 amide bonds. The smallest absolute Gasteiger partial charge is 0.311 e. The Morgan fingerprint density at radius 3 is 2.84 bits per heavy atom. The molecule has 1 aromatic carbocycles. The Bertz CT molecular complexity index is 516. The lowest BCUT2D eigenvalue weighted by molar-refractivity contribution is -0.385. The van der Waals surface area contributed by atoms with Crippen LogP contribution in [0.3, 0.4) is 0 Å². The Hall–Kier alpha value is -2.18. The van der Waals surface area contributed by atoms with Crippen LogP contribution < -0.4 is 4.74 Å². The molecule has 1 aliphatic rings. The van der Waals surface area contributed by atoms with Gasteiger partial charge in [0.05, 0.1) is 4.92 Å². The maximum atomic E-state index is 13.0. The zero-order chi connectivity index (χ0) is 14.0. The lowest BCUT2D eigenvalue weighted by Crippen LogP contribution is -2.33. The van der Waals surface area contributed by atoms with E-state index in [0.29, 0.717) is 0 Å². The molecular weight excluding hydrogens is 255 g/mol. The van der Waals surface area contributed by atoms with E-state index in [1.165, 1.54) is 0 Å². The average Bonchev–Trinajstić information content (AvgIpc) is 3.18. The number of hydrogen-bond donors (Lipinski definition) is 0. The first-order chi connectivity index (χ1) is 8.99. The molecule has 1 fully saturated rings. The molecule has 0 spiro atoms. The van der Waals surface area contributed by atoms with Crippen LogP contribution in [0.1, 0.15) is 12.8 Å². The predicted molar refractivity (Wildman–Crippen MR) is 64.3 cm³/mol.